The Morgan fingerprint density at radius 3 is 2.45 bits per heavy atom. The van der Waals surface area contributed by atoms with E-state index in [2.05, 4.69) is 4.98 Å². The van der Waals surface area contributed by atoms with Crippen LogP contribution in [0.2, 0.25) is 0 Å². The summed E-state index contributed by atoms with van der Waals surface area (Å²) in [6, 6.07) is 6.63. The lowest BCUT2D eigenvalue weighted by atomic mass is 10.0. The molecule has 1 aromatic carbocycles. The molecule has 1 heterocycles. The van der Waals surface area contributed by atoms with Crippen LogP contribution in [-0.4, -0.2) is 24.2 Å². The van der Waals surface area contributed by atoms with Gasteiger partial charge in [0.25, 0.3) is 0 Å². The van der Waals surface area contributed by atoms with Gasteiger partial charge in [0.05, 0.1) is 4.90 Å². The van der Waals surface area contributed by atoms with Crippen molar-refractivity contribution in [2.75, 3.05) is 6.26 Å². The molecule has 1 atom stereocenters. The van der Waals surface area contributed by atoms with Gasteiger partial charge in [-0.25, -0.2) is 13.4 Å². The molecule has 20 heavy (non-hydrogen) atoms. The second-order valence-corrected chi connectivity index (χ2v) is 6.96. The Morgan fingerprint density at radius 2 is 1.95 bits per heavy atom. The molecule has 2 aromatic rings. The van der Waals surface area contributed by atoms with Crippen molar-refractivity contribution < 1.29 is 8.42 Å². The number of benzene rings is 1. The van der Waals surface area contributed by atoms with Crippen molar-refractivity contribution in [3.05, 3.63) is 48.0 Å². The molecular formula is C14H19N3O2S. The molecular weight excluding hydrogens is 274 g/mol. The normalized spacial score (nSPS) is 13.3. The minimum Gasteiger partial charge on any atom is -0.338 e. The lowest BCUT2D eigenvalue weighted by molar-refractivity contribution is 0.601. The van der Waals surface area contributed by atoms with Gasteiger partial charge in [0.2, 0.25) is 0 Å². The number of nitrogens with two attached hydrogens (primary N) is 1. The fourth-order valence-electron chi connectivity index (χ4n) is 2.05. The topological polar surface area (TPSA) is 78.0 Å². The maximum Gasteiger partial charge on any atom is 0.175 e. The van der Waals surface area contributed by atoms with E-state index in [0.717, 1.165) is 24.2 Å². The van der Waals surface area contributed by atoms with Crippen LogP contribution in [0.4, 0.5) is 0 Å². The smallest absolute Gasteiger partial charge is 0.175 e. The monoisotopic (exact) mass is 293 g/mol. The summed E-state index contributed by atoms with van der Waals surface area (Å²) in [6.07, 6.45) is 6.42. The Balaban J connectivity index is 2.03. The Labute approximate surface area is 119 Å². The minimum absolute atomic E-state index is 0.125. The van der Waals surface area contributed by atoms with Crippen LogP contribution >= 0.6 is 0 Å². The van der Waals surface area contributed by atoms with Crippen molar-refractivity contribution >= 4 is 9.84 Å². The Hall–Kier alpha value is -1.66. The highest BCUT2D eigenvalue weighted by Gasteiger charge is 2.11. The van der Waals surface area contributed by atoms with Gasteiger partial charge in [-0.2, -0.15) is 0 Å². The molecule has 2 N–H and O–H groups in total. The first-order valence-corrected chi connectivity index (χ1v) is 8.29. The van der Waals surface area contributed by atoms with Crippen molar-refractivity contribution in [3.8, 4) is 0 Å². The zero-order valence-corrected chi connectivity index (χ0v) is 12.5. The molecule has 0 saturated carbocycles. The highest BCUT2D eigenvalue weighted by Crippen LogP contribution is 2.18. The number of aromatic nitrogens is 2. The van der Waals surface area contributed by atoms with Gasteiger partial charge in [0.15, 0.2) is 9.84 Å². The predicted molar refractivity (Wildman–Crippen MR) is 78.0 cm³/mol. The SMILES string of the molecule is Cn1ccnc1CCC(N)c1ccc(S(C)(=O)=O)cc1. The number of imidazole rings is 1. The van der Waals surface area contributed by atoms with Crippen molar-refractivity contribution in [2.24, 2.45) is 12.8 Å². The van der Waals surface area contributed by atoms with E-state index in [1.807, 2.05) is 17.8 Å². The Morgan fingerprint density at radius 1 is 1.30 bits per heavy atom. The summed E-state index contributed by atoms with van der Waals surface area (Å²) in [6.45, 7) is 0. The molecule has 0 aliphatic heterocycles. The van der Waals surface area contributed by atoms with Crippen LogP contribution in [0, 0.1) is 0 Å². The average molecular weight is 293 g/mol. The minimum atomic E-state index is -3.15. The van der Waals surface area contributed by atoms with Gasteiger partial charge < -0.3 is 10.3 Å². The lowest BCUT2D eigenvalue weighted by Crippen LogP contribution is -2.12. The van der Waals surface area contributed by atoms with E-state index in [1.165, 1.54) is 6.26 Å². The molecule has 5 nitrogen and oxygen atoms in total. The summed E-state index contributed by atoms with van der Waals surface area (Å²) in [5.41, 5.74) is 7.07. The van der Waals surface area contributed by atoms with Crippen molar-refractivity contribution in [3.63, 3.8) is 0 Å². The standard InChI is InChI=1S/C14H19N3O2S/c1-17-10-9-16-14(17)8-7-13(15)11-3-5-12(6-4-11)20(2,18)19/h3-6,9-10,13H,7-8,15H2,1-2H3. The number of nitrogens with zero attached hydrogens (tertiary/aromatic N) is 2. The highest BCUT2D eigenvalue weighted by atomic mass is 32.2. The van der Waals surface area contributed by atoms with E-state index in [9.17, 15) is 8.42 Å². The van der Waals surface area contributed by atoms with E-state index in [0.29, 0.717) is 4.90 Å². The van der Waals surface area contributed by atoms with Gasteiger partial charge in [-0.15, -0.1) is 0 Å². The number of aryl methyl sites for hydroxylation is 2. The molecule has 0 aliphatic rings. The molecule has 0 bridgehead atoms. The second kappa shape index (κ2) is 5.76. The van der Waals surface area contributed by atoms with Crippen LogP contribution in [0.25, 0.3) is 0 Å². The number of hydrogen-bond acceptors (Lipinski definition) is 4. The van der Waals surface area contributed by atoms with E-state index < -0.39 is 9.84 Å². The fourth-order valence-corrected chi connectivity index (χ4v) is 2.68. The van der Waals surface area contributed by atoms with Gasteiger partial charge in [-0.3, -0.25) is 0 Å². The predicted octanol–water partition coefficient (Wildman–Crippen LogP) is 1.46. The molecule has 2 rings (SSSR count). The molecule has 0 aliphatic carbocycles. The maximum atomic E-state index is 11.4. The Bertz CT molecular complexity index is 675. The average Bonchev–Trinajstić information content (AvgIpc) is 2.81. The van der Waals surface area contributed by atoms with Crippen LogP contribution in [0.15, 0.2) is 41.6 Å². The van der Waals surface area contributed by atoms with Crippen molar-refractivity contribution in [2.45, 2.75) is 23.8 Å². The first-order valence-electron chi connectivity index (χ1n) is 6.40. The van der Waals surface area contributed by atoms with E-state index >= 15 is 0 Å². The molecule has 6 heteroatoms. The fraction of sp³-hybridized carbons (Fsp3) is 0.357. The molecule has 1 aromatic heterocycles. The molecule has 0 amide bonds. The highest BCUT2D eigenvalue weighted by molar-refractivity contribution is 7.90. The van der Waals surface area contributed by atoms with E-state index in [1.54, 1.807) is 30.5 Å². The summed E-state index contributed by atoms with van der Waals surface area (Å²) >= 11 is 0. The quantitative estimate of drug-likeness (QED) is 0.905. The van der Waals surface area contributed by atoms with Crippen molar-refractivity contribution in [1.82, 2.24) is 9.55 Å². The summed E-state index contributed by atoms with van der Waals surface area (Å²) in [7, 11) is -1.20. The zero-order chi connectivity index (χ0) is 14.8. The van der Waals surface area contributed by atoms with E-state index in [4.69, 9.17) is 5.73 Å². The third-order valence-electron chi connectivity index (χ3n) is 3.34. The van der Waals surface area contributed by atoms with Gasteiger partial charge in [0.1, 0.15) is 5.82 Å². The van der Waals surface area contributed by atoms with Gasteiger partial charge in [0, 0.05) is 38.2 Å². The third-order valence-corrected chi connectivity index (χ3v) is 4.46. The maximum absolute atomic E-state index is 11.4. The van der Waals surface area contributed by atoms with Crippen LogP contribution in [0.1, 0.15) is 23.9 Å². The van der Waals surface area contributed by atoms with E-state index in [-0.39, 0.29) is 6.04 Å². The first-order chi connectivity index (χ1) is 9.38. The Kier molecular flexibility index (Phi) is 4.25. The molecule has 0 fully saturated rings. The third kappa shape index (κ3) is 3.46. The number of hydrogen-bond donors (Lipinski definition) is 1. The zero-order valence-electron chi connectivity index (χ0n) is 11.7. The van der Waals surface area contributed by atoms with Gasteiger partial charge in [-0.05, 0) is 24.1 Å². The molecule has 108 valence electrons. The number of rotatable bonds is 5. The molecule has 0 saturated heterocycles. The summed E-state index contributed by atoms with van der Waals surface area (Å²) in [5.74, 6) is 0.994. The molecule has 0 radical (unpaired) electrons. The summed E-state index contributed by atoms with van der Waals surface area (Å²) in [4.78, 5) is 4.57. The largest absolute Gasteiger partial charge is 0.338 e. The lowest BCUT2D eigenvalue weighted by Gasteiger charge is -2.12. The second-order valence-electron chi connectivity index (χ2n) is 4.94. The molecule has 0 spiro atoms. The first kappa shape index (κ1) is 14.7. The van der Waals surface area contributed by atoms with Crippen LogP contribution in [-0.2, 0) is 23.3 Å². The van der Waals surface area contributed by atoms with Gasteiger partial charge >= 0.3 is 0 Å². The van der Waals surface area contributed by atoms with Crippen LogP contribution in [0.3, 0.4) is 0 Å². The van der Waals surface area contributed by atoms with Crippen LogP contribution in [0.5, 0.6) is 0 Å². The van der Waals surface area contributed by atoms with Crippen molar-refractivity contribution in [1.29, 1.82) is 0 Å². The number of sulfone groups is 1. The molecule has 1 unspecified atom stereocenters. The van der Waals surface area contributed by atoms with Gasteiger partial charge in [-0.1, -0.05) is 12.1 Å². The van der Waals surface area contributed by atoms with Crippen LogP contribution < -0.4 is 5.73 Å². The summed E-state index contributed by atoms with van der Waals surface area (Å²) < 4.78 is 24.8. The summed E-state index contributed by atoms with van der Waals surface area (Å²) in [5, 5.41) is 0.